The number of hydrogen-bond acceptors (Lipinski definition) is 3. The first-order valence-electron chi connectivity index (χ1n) is 5.56. The lowest BCUT2D eigenvalue weighted by Gasteiger charge is -2.04. The van der Waals surface area contributed by atoms with Crippen LogP contribution < -0.4 is 5.73 Å². The number of nitrogens with zero attached hydrogens (tertiary/aromatic N) is 3. The van der Waals surface area contributed by atoms with E-state index < -0.39 is 0 Å². The van der Waals surface area contributed by atoms with Gasteiger partial charge in [0.1, 0.15) is 0 Å². The van der Waals surface area contributed by atoms with Crippen molar-refractivity contribution in [2.45, 2.75) is 13.8 Å². The molecule has 0 fully saturated rings. The highest BCUT2D eigenvalue weighted by Crippen LogP contribution is 2.26. The molecule has 2 heterocycles. The Bertz CT molecular complexity index is 740. The first kappa shape index (κ1) is 10.1. The number of nitrogen functional groups attached to an aromatic ring is 1. The maximum absolute atomic E-state index is 5.87. The molecule has 2 aromatic heterocycles. The Labute approximate surface area is 99.1 Å². The Balaban J connectivity index is 2.54. The first-order chi connectivity index (χ1) is 8.06. The Morgan fingerprint density at radius 2 is 1.94 bits per heavy atom. The smallest absolute Gasteiger partial charge is 0.160 e. The quantitative estimate of drug-likeness (QED) is 0.640. The van der Waals surface area contributed by atoms with Gasteiger partial charge in [-0.15, -0.1) is 0 Å². The molecule has 0 unspecified atom stereocenters. The summed E-state index contributed by atoms with van der Waals surface area (Å²) in [6, 6.07) is 6.34. The van der Waals surface area contributed by atoms with Gasteiger partial charge in [0.15, 0.2) is 11.5 Å². The van der Waals surface area contributed by atoms with Gasteiger partial charge in [0.2, 0.25) is 0 Å². The van der Waals surface area contributed by atoms with Crippen LogP contribution in [0, 0.1) is 13.8 Å². The van der Waals surface area contributed by atoms with E-state index in [1.165, 1.54) is 11.1 Å². The van der Waals surface area contributed by atoms with Crippen LogP contribution in [0.15, 0.2) is 18.2 Å². The van der Waals surface area contributed by atoms with Crippen LogP contribution in [-0.2, 0) is 7.05 Å². The fourth-order valence-electron chi connectivity index (χ4n) is 2.34. The molecular formula is C13H14N4. The fourth-order valence-corrected chi connectivity index (χ4v) is 2.34. The third kappa shape index (κ3) is 1.37. The average Bonchev–Trinajstić information content (AvgIpc) is 2.52. The zero-order valence-corrected chi connectivity index (χ0v) is 10.2. The predicted molar refractivity (Wildman–Crippen MR) is 69.9 cm³/mol. The van der Waals surface area contributed by atoms with Crippen LogP contribution in [0.1, 0.15) is 11.1 Å². The normalized spacial score (nSPS) is 11.5. The van der Waals surface area contributed by atoms with Gasteiger partial charge in [-0.25, -0.2) is 9.67 Å². The fraction of sp³-hybridized carbons (Fsp3) is 0.231. The molecular weight excluding hydrogens is 212 g/mol. The highest BCUT2D eigenvalue weighted by atomic mass is 15.3. The number of aryl methyl sites for hydroxylation is 3. The molecule has 0 aliphatic heterocycles. The van der Waals surface area contributed by atoms with E-state index in [1.54, 1.807) is 4.68 Å². The van der Waals surface area contributed by atoms with Crippen molar-refractivity contribution >= 4 is 27.8 Å². The molecule has 2 N–H and O–H groups in total. The van der Waals surface area contributed by atoms with E-state index >= 15 is 0 Å². The van der Waals surface area contributed by atoms with E-state index in [0.717, 1.165) is 21.9 Å². The van der Waals surface area contributed by atoms with Crippen LogP contribution in [0.5, 0.6) is 0 Å². The molecule has 0 aliphatic carbocycles. The Morgan fingerprint density at radius 1 is 1.18 bits per heavy atom. The SMILES string of the molecule is Cc1cc(C)c2nc3c(cc2c1)c(N)nn3C. The van der Waals surface area contributed by atoms with E-state index in [9.17, 15) is 0 Å². The lowest BCUT2D eigenvalue weighted by atomic mass is 10.1. The molecule has 17 heavy (non-hydrogen) atoms. The van der Waals surface area contributed by atoms with Crippen LogP contribution in [0.4, 0.5) is 5.82 Å². The van der Waals surface area contributed by atoms with Crippen LogP contribution in [0.3, 0.4) is 0 Å². The van der Waals surface area contributed by atoms with Crippen molar-refractivity contribution in [1.82, 2.24) is 14.8 Å². The number of rotatable bonds is 0. The maximum Gasteiger partial charge on any atom is 0.160 e. The summed E-state index contributed by atoms with van der Waals surface area (Å²) >= 11 is 0. The third-order valence-electron chi connectivity index (χ3n) is 3.07. The zero-order valence-electron chi connectivity index (χ0n) is 10.2. The largest absolute Gasteiger partial charge is 0.382 e. The molecule has 1 aromatic carbocycles. The first-order valence-corrected chi connectivity index (χ1v) is 5.56. The molecule has 0 amide bonds. The summed E-state index contributed by atoms with van der Waals surface area (Å²) in [5, 5.41) is 6.24. The molecule has 0 saturated carbocycles. The number of fused-ring (bicyclic) bond motifs is 2. The van der Waals surface area contributed by atoms with Crippen molar-refractivity contribution < 1.29 is 0 Å². The monoisotopic (exact) mass is 226 g/mol. The summed E-state index contributed by atoms with van der Waals surface area (Å²) in [4.78, 5) is 4.66. The molecule has 0 bridgehead atoms. The van der Waals surface area contributed by atoms with Crippen molar-refractivity contribution in [2.24, 2.45) is 7.05 Å². The topological polar surface area (TPSA) is 56.7 Å². The molecule has 4 heteroatoms. The van der Waals surface area contributed by atoms with Crippen LogP contribution in [-0.4, -0.2) is 14.8 Å². The van der Waals surface area contributed by atoms with E-state index in [2.05, 4.69) is 42.1 Å². The molecule has 0 spiro atoms. The molecule has 0 radical (unpaired) electrons. The highest BCUT2D eigenvalue weighted by molar-refractivity contribution is 5.97. The van der Waals surface area contributed by atoms with E-state index in [-0.39, 0.29) is 0 Å². The minimum Gasteiger partial charge on any atom is -0.382 e. The van der Waals surface area contributed by atoms with Crippen LogP contribution in [0.2, 0.25) is 0 Å². The lowest BCUT2D eigenvalue weighted by molar-refractivity contribution is 0.792. The van der Waals surface area contributed by atoms with Gasteiger partial charge in [-0.2, -0.15) is 5.10 Å². The van der Waals surface area contributed by atoms with Gasteiger partial charge in [0, 0.05) is 12.4 Å². The van der Waals surface area contributed by atoms with Crippen molar-refractivity contribution in [3.63, 3.8) is 0 Å². The minimum absolute atomic E-state index is 0.538. The Hall–Kier alpha value is -2.10. The second-order valence-electron chi connectivity index (χ2n) is 4.52. The molecule has 0 atom stereocenters. The van der Waals surface area contributed by atoms with E-state index in [0.29, 0.717) is 5.82 Å². The summed E-state index contributed by atoms with van der Waals surface area (Å²) in [5.41, 5.74) is 10.1. The van der Waals surface area contributed by atoms with E-state index in [1.807, 2.05) is 7.05 Å². The molecule has 0 aliphatic rings. The van der Waals surface area contributed by atoms with Gasteiger partial charge in [-0.1, -0.05) is 11.6 Å². The van der Waals surface area contributed by atoms with Crippen LogP contribution in [0.25, 0.3) is 21.9 Å². The molecule has 4 nitrogen and oxygen atoms in total. The molecule has 3 aromatic rings. The summed E-state index contributed by atoms with van der Waals surface area (Å²) in [6.45, 7) is 4.16. The van der Waals surface area contributed by atoms with Gasteiger partial charge >= 0.3 is 0 Å². The summed E-state index contributed by atoms with van der Waals surface area (Å²) in [6.07, 6.45) is 0. The summed E-state index contributed by atoms with van der Waals surface area (Å²) < 4.78 is 1.73. The summed E-state index contributed by atoms with van der Waals surface area (Å²) in [5.74, 6) is 0.538. The second kappa shape index (κ2) is 3.20. The third-order valence-corrected chi connectivity index (χ3v) is 3.07. The number of benzene rings is 1. The van der Waals surface area contributed by atoms with Gasteiger partial charge < -0.3 is 5.73 Å². The average molecular weight is 226 g/mol. The molecule has 0 saturated heterocycles. The second-order valence-corrected chi connectivity index (χ2v) is 4.52. The predicted octanol–water partition coefficient (Wildman–Crippen LogP) is 2.32. The number of nitrogens with two attached hydrogens (primary N) is 1. The van der Waals surface area contributed by atoms with Gasteiger partial charge in [-0.05, 0) is 31.5 Å². The maximum atomic E-state index is 5.87. The zero-order chi connectivity index (χ0) is 12.2. The number of hydrogen-bond donors (Lipinski definition) is 1. The minimum atomic E-state index is 0.538. The Kier molecular flexibility index (Phi) is 1.90. The Morgan fingerprint density at radius 3 is 2.71 bits per heavy atom. The van der Waals surface area contributed by atoms with Crippen molar-refractivity contribution in [1.29, 1.82) is 0 Å². The van der Waals surface area contributed by atoms with Crippen molar-refractivity contribution in [3.05, 3.63) is 29.3 Å². The van der Waals surface area contributed by atoms with Gasteiger partial charge in [0.05, 0.1) is 10.9 Å². The highest BCUT2D eigenvalue weighted by Gasteiger charge is 2.10. The van der Waals surface area contributed by atoms with Gasteiger partial charge in [0.25, 0.3) is 0 Å². The standard InChI is InChI=1S/C13H14N4/c1-7-4-8(2)11-9(5-7)6-10-12(14)16-17(3)13(10)15-11/h4-6H,1-3H3,(H2,14,16). The van der Waals surface area contributed by atoms with Crippen molar-refractivity contribution in [3.8, 4) is 0 Å². The van der Waals surface area contributed by atoms with Crippen molar-refractivity contribution in [2.75, 3.05) is 5.73 Å². The van der Waals surface area contributed by atoms with Gasteiger partial charge in [-0.3, -0.25) is 0 Å². The van der Waals surface area contributed by atoms with E-state index in [4.69, 9.17) is 5.73 Å². The molecule has 3 rings (SSSR count). The lowest BCUT2D eigenvalue weighted by Crippen LogP contribution is -1.93. The number of aromatic nitrogens is 3. The molecule has 86 valence electrons. The van der Waals surface area contributed by atoms with Crippen LogP contribution >= 0.6 is 0 Å². The summed E-state index contributed by atoms with van der Waals surface area (Å²) in [7, 11) is 1.86. The number of anilines is 1. The number of pyridine rings is 1.